The summed E-state index contributed by atoms with van der Waals surface area (Å²) in [6.45, 7) is 6.84. The third-order valence-corrected chi connectivity index (χ3v) is 2.45. The van der Waals surface area contributed by atoms with Crippen LogP contribution in [0.25, 0.3) is 0 Å². The van der Waals surface area contributed by atoms with Crippen LogP contribution in [0.15, 0.2) is 0 Å². The molecule has 0 rings (SSSR count). The van der Waals surface area contributed by atoms with Crippen molar-refractivity contribution in [2.24, 2.45) is 0 Å². The monoisotopic (exact) mass is 184 g/mol. The number of aliphatic hydroxyl groups is 1. The largest absolute Gasteiger partial charge is 0.395 e. The van der Waals surface area contributed by atoms with E-state index in [1.807, 2.05) is 6.92 Å². The Hall–Kier alpha value is -0.590. The second kappa shape index (κ2) is 6.88. The van der Waals surface area contributed by atoms with Crippen molar-refractivity contribution in [3.63, 3.8) is 0 Å². The second-order valence-electron chi connectivity index (χ2n) is 3.24. The van der Waals surface area contributed by atoms with Gasteiger partial charge in [-0.05, 0) is 19.8 Å². The SMILES string of the molecule is CCC(CC)N(CCO)C(C)C#N. The highest BCUT2D eigenvalue weighted by Crippen LogP contribution is 2.11. The lowest BCUT2D eigenvalue weighted by Gasteiger charge is -2.31. The number of hydrogen-bond acceptors (Lipinski definition) is 3. The lowest BCUT2D eigenvalue weighted by molar-refractivity contribution is 0.126. The van der Waals surface area contributed by atoms with Crippen LogP contribution in [0.3, 0.4) is 0 Å². The van der Waals surface area contributed by atoms with Gasteiger partial charge in [0.2, 0.25) is 0 Å². The number of rotatable bonds is 6. The Morgan fingerprint density at radius 2 is 1.92 bits per heavy atom. The van der Waals surface area contributed by atoms with E-state index in [4.69, 9.17) is 10.4 Å². The topological polar surface area (TPSA) is 47.3 Å². The summed E-state index contributed by atoms with van der Waals surface area (Å²) in [7, 11) is 0. The summed E-state index contributed by atoms with van der Waals surface area (Å²) < 4.78 is 0. The van der Waals surface area contributed by atoms with Gasteiger partial charge in [0.05, 0.1) is 18.7 Å². The van der Waals surface area contributed by atoms with Crippen molar-refractivity contribution in [3.05, 3.63) is 0 Å². The van der Waals surface area contributed by atoms with Gasteiger partial charge in [-0.25, -0.2) is 0 Å². The molecule has 0 aromatic heterocycles. The van der Waals surface area contributed by atoms with E-state index < -0.39 is 0 Å². The van der Waals surface area contributed by atoms with Crippen LogP contribution in [0.5, 0.6) is 0 Å². The van der Waals surface area contributed by atoms with E-state index in [1.165, 1.54) is 0 Å². The Bertz CT molecular complexity index is 161. The van der Waals surface area contributed by atoms with Crippen molar-refractivity contribution in [1.29, 1.82) is 5.26 Å². The fraction of sp³-hybridized carbons (Fsp3) is 0.900. The average Bonchev–Trinajstić information content (AvgIpc) is 2.17. The third-order valence-electron chi connectivity index (χ3n) is 2.45. The second-order valence-corrected chi connectivity index (χ2v) is 3.24. The summed E-state index contributed by atoms with van der Waals surface area (Å²) >= 11 is 0. The highest BCUT2D eigenvalue weighted by Gasteiger charge is 2.19. The highest BCUT2D eigenvalue weighted by molar-refractivity contribution is 4.90. The van der Waals surface area contributed by atoms with E-state index >= 15 is 0 Å². The summed E-state index contributed by atoms with van der Waals surface area (Å²) in [5.74, 6) is 0. The average molecular weight is 184 g/mol. The maximum absolute atomic E-state index is 8.87. The molecule has 0 amide bonds. The summed E-state index contributed by atoms with van der Waals surface area (Å²) in [6.07, 6.45) is 2.06. The predicted octanol–water partition coefficient (Wildman–Crippen LogP) is 1.38. The molecule has 0 saturated carbocycles. The fourth-order valence-corrected chi connectivity index (χ4v) is 1.64. The molecule has 0 saturated heterocycles. The van der Waals surface area contributed by atoms with Crippen LogP contribution in [-0.2, 0) is 0 Å². The molecule has 0 aromatic carbocycles. The first kappa shape index (κ1) is 12.4. The molecule has 76 valence electrons. The Morgan fingerprint density at radius 3 is 2.23 bits per heavy atom. The molecular weight excluding hydrogens is 164 g/mol. The van der Waals surface area contributed by atoms with Crippen LogP contribution >= 0.6 is 0 Å². The zero-order chi connectivity index (χ0) is 10.3. The van der Waals surface area contributed by atoms with Gasteiger partial charge in [-0.2, -0.15) is 5.26 Å². The first-order valence-corrected chi connectivity index (χ1v) is 4.97. The van der Waals surface area contributed by atoms with Gasteiger partial charge < -0.3 is 5.11 Å². The van der Waals surface area contributed by atoms with E-state index in [2.05, 4.69) is 24.8 Å². The molecule has 1 N–H and O–H groups in total. The first-order chi connectivity index (χ1) is 6.21. The van der Waals surface area contributed by atoms with Crippen molar-refractivity contribution in [1.82, 2.24) is 4.90 Å². The molecular formula is C10H20N2O. The number of nitrogens with zero attached hydrogens (tertiary/aromatic N) is 2. The molecule has 0 radical (unpaired) electrons. The first-order valence-electron chi connectivity index (χ1n) is 4.97. The smallest absolute Gasteiger partial charge is 0.0952 e. The molecule has 0 bridgehead atoms. The lowest BCUT2D eigenvalue weighted by atomic mass is 10.1. The number of hydrogen-bond donors (Lipinski definition) is 1. The summed E-state index contributed by atoms with van der Waals surface area (Å²) in [4.78, 5) is 2.07. The molecule has 13 heavy (non-hydrogen) atoms. The zero-order valence-electron chi connectivity index (χ0n) is 8.82. The van der Waals surface area contributed by atoms with Crippen LogP contribution in [0.2, 0.25) is 0 Å². The van der Waals surface area contributed by atoms with Crippen LogP contribution in [0, 0.1) is 11.3 Å². The minimum atomic E-state index is -0.1000. The quantitative estimate of drug-likeness (QED) is 0.678. The lowest BCUT2D eigenvalue weighted by Crippen LogP contribution is -2.42. The molecule has 0 aliphatic heterocycles. The highest BCUT2D eigenvalue weighted by atomic mass is 16.3. The van der Waals surface area contributed by atoms with Crippen molar-refractivity contribution >= 4 is 0 Å². The van der Waals surface area contributed by atoms with Gasteiger partial charge in [-0.15, -0.1) is 0 Å². The normalized spacial score (nSPS) is 13.3. The fourth-order valence-electron chi connectivity index (χ4n) is 1.64. The van der Waals surface area contributed by atoms with Crippen LogP contribution < -0.4 is 0 Å². The summed E-state index contributed by atoms with van der Waals surface area (Å²) in [5.41, 5.74) is 0. The Kier molecular flexibility index (Phi) is 6.56. The predicted molar refractivity (Wildman–Crippen MR) is 53.2 cm³/mol. The van der Waals surface area contributed by atoms with Gasteiger partial charge in [0.1, 0.15) is 0 Å². The third kappa shape index (κ3) is 3.75. The van der Waals surface area contributed by atoms with E-state index in [1.54, 1.807) is 0 Å². The summed E-state index contributed by atoms with van der Waals surface area (Å²) in [6, 6.07) is 2.53. The minimum absolute atomic E-state index is 0.1000. The number of nitriles is 1. The van der Waals surface area contributed by atoms with Crippen molar-refractivity contribution in [2.45, 2.75) is 45.7 Å². The van der Waals surface area contributed by atoms with Crippen molar-refractivity contribution in [2.75, 3.05) is 13.2 Å². The van der Waals surface area contributed by atoms with Crippen molar-refractivity contribution < 1.29 is 5.11 Å². The van der Waals surface area contributed by atoms with Crippen LogP contribution in [0.4, 0.5) is 0 Å². The van der Waals surface area contributed by atoms with E-state index in [0.717, 1.165) is 12.8 Å². The molecule has 1 atom stereocenters. The van der Waals surface area contributed by atoms with Gasteiger partial charge in [0.25, 0.3) is 0 Å². The number of aliphatic hydroxyl groups excluding tert-OH is 1. The Morgan fingerprint density at radius 1 is 1.38 bits per heavy atom. The van der Waals surface area contributed by atoms with E-state index in [-0.39, 0.29) is 12.6 Å². The van der Waals surface area contributed by atoms with E-state index in [0.29, 0.717) is 12.6 Å². The molecule has 0 aliphatic rings. The van der Waals surface area contributed by atoms with Gasteiger partial charge in [-0.1, -0.05) is 13.8 Å². The molecule has 0 heterocycles. The molecule has 0 fully saturated rings. The molecule has 3 heteroatoms. The van der Waals surface area contributed by atoms with Gasteiger partial charge in [0.15, 0.2) is 0 Å². The summed E-state index contributed by atoms with van der Waals surface area (Å²) in [5, 5.41) is 17.7. The molecule has 1 unspecified atom stereocenters. The maximum atomic E-state index is 8.87. The molecule has 0 aromatic rings. The minimum Gasteiger partial charge on any atom is -0.395 e. The molecule has 3 nitrogen and oxygen atoms in total. The Labute approximate surface area is 81.0 Å². The van der Waals surface area contributed by atoms with Crippen molar-refractivity contribution in [3.8, 4) is 6.07 Å². The zero-order valence-corrected chi connectivity index (χ0v) is 8.82. The van der Waals surface area contributed by atoms with Crippen LogP contribution in [0.1, 0.15) is 33.6 Å². The molecule has 0 spiro atoms. The van der Waals surface area contributed by atoms with Gasteiger partial charge >= 0.3 is 0 Å². The maximum Gasteiger partial charge on any atom is 0.0952 e. The van der Waals surface area contributed by atoms with E-state index in [9.17, 15) is 0 Å². The van der Waals surface area contributed by atoms with Gasteiger partial charge in [0, 0.05) is 12.6 Å². The van der Waals surface area contributed by atoms with Gasteiger partial charge in [-0.3, -0.25) is 4.90 Å². The van der Waals surface area contributed by atoms with Crippen LogP contribution in [-0.4, -0.2) is 35.2 Å². The standard InChI is InChI=1S/C10H20N2O/c1-4-10(5-2)12(6-7-13)9(3)8-11/h9-10,13H,4-7H2,1-3H3. The Balaban J connectivity index is 4.30. The molecule has 0 aliphatic carbocycles.